The van der Waals surface area contributed by atoms with Crippen molar-refractivity contribution in [3.63, 3.8) is 0 Å². The van der Waals surface area contributed by atoms with Gasteiger partial charge in [-0.2, -0.15) is 0 Å². The van der Waals surface area contributed by atoms with Crippen LogP contribution in [0.2, 0.25) is 0 Å². The number of carbonyl (C=O) groups is 1. The van der Waals surface area contributed by atoms with Gasteiger partial charge in [0, 0.05) is 28.4 Å². The van der Waals surface area contributed by atoms with Crippen LogP contribution in [-0.2, 0) is 21.2 Å². The van der Waals surface area contributed by atoms with E-state index >= 15 is 0 Å². The lowest BCUT2D eigenvalue weighted by Gasteiger charge is -2.08. The van der Waals surface area contributed by atoms with E-state index in [4.69, 9.17) is 4.98 Å². The number of sulfone groups is 1. The summed E-state index contributed by atoms with van der Waals surface area (Å²) >= 11 is 1.62. The molecule has 0 atom stereocenters. The topological polar surface area (TPSA) is 81.1 Å². The lowest BCUT2D eigenvalue weighted by atomic mass is 10.2. The third-order valence-electron chi connectivity index (χ3n) is 6.44. The van der Waals surface area contributed by atoms with E-state index in [9.17, 15) is 17.6 Å². The van der Waals surface area contributed by atoms with Crippen molar-refractivity contribution < 1.29 is 17.6 Å². The molecule has 2 heterocycles. The molecule has 0 aliphatic rings. The van der Waals surface area contributed by atoms with E-state index < -0.39 is 15.7 Å². The van der Waals surface area contributed by atoms with E-state index in [1.807, 2.05) is 36.4 Å². The van der Waals surface area contributed by atoms with E-state index in [1.54, 1.807) is 40.2 Å². The zero-order valence-corrected chi connectivity index (χ0v) is 22.4. The predicted octanol–water partition coefficient (Wildman–Crippen LogP) is 6.84. The second-order valence-electron chi connectivity index (χ2n) is 9.21. The first-order valence-corrected chi connectivity index (χ1v) is 14.4. The molecule has 6 aromatic rings. The lowest BCUT2D eigenvalue weighted by molar-refractivity contribution is -0.116. The first kappa shape index (κ1) is 25.0. The summed E-state index contributed by atoms with van der Waals surface area (Å²) in [6.45, 7) is 1.97. The Labute approximate surface area is 228 Å². The minimum atomic E-state index is -3.92. The summed E-state index contributed by atoms with van der Waals surface area (Å²) in [5.41, 5.74) is 4.33. The molecule has 4 aromatic carbocycles. The maximum atomic E-state index is 13.4. The van der Waals surface area contributed by atoms with Crippen LogP contribution in [0.25, 0.3) is 31.7 Å². The number of para-hydroxylation sites is 1. The molecule has 0 spiro atoms. The molecule has 1 amide bonds. The molecule has 39 heavy (non-hydrogen) atoms. The molecule has 6 nitrogen and oxygen atoms in total. The van der Waals surface area contributed by atoms with Crippen LogP contribution in [0.1, 0.15) is 5.56 Å². The van der Waals surface area contributed by atoms with Gasteiger partial charge in [-0.1, -0.05) is 24.3 Å². The monoisotopic (exact) mass is 555 g/mol. The Balaban J connectivity index is 1.23. The van der Waals surface area contributed by atoms with Gasteiger partial charge in [0.15, 0.2) is 0 Å². The number of halogens is 1. The average Bonchev–Trinajstić information content (AvgIpc) is 3.51. The highest BCUT2D eigenvalue weighted by Crippen LogP contribution is 2.32. The number of anilines is 1. The quantitative estimate of drug-likeness (QED) is 0.228. The summed E-state index contributed by atoms with van der Waals surface area (Å²) in [7, 11) is -3.92. The van der Waals surface area contributed by atoms with E-state index in [1.165, 1.54) is 23.9 Å². The number of thiazole rings is 1. The number of hydrogen-bond acceptors (Lipinski definition) is 5. The van der Waals surface area contributed by atoms with Crippen LogP contribution in [0, 0.1) is 12.7 Å². The minimum Gasteiger partial charge on any atom is -0.337 e. The predicted molar refractivity (Wildman–Crippen MR) is 152 cm³/mol. The van der Waals surface area contributed by atoms with Crippen LogP contribution < -0.4 is 5.32 Å². The molecule has 6 rings (SSSR count). The fraction of sp³-hybridized carbons (Fsp3) is 0.0667. The molecule has 194 valence electrons. The number of amides is 1. The highest BCUT2D eigenvalue weighted by atomic mass is 32.2. The van der Waals surface area contributed by atoms with Crippen LogP contribution in [0.4, 0.5) is 10.1 Å². The third-order valence-corrected chi connectivity index (χ3v) is 9.30. The summed E-state index contributed by atoms with van der Waals surface area (Å²) in [4.78, 5) is 17.7. The first-order valence-electron chi connectivity index (χ1n) is 12.1. The fourth-order valence-corrected chi connectivity index (χ4v) is 7.05. The van der Waals surface area contributed by atoms with Gasteiger partial charge in [-0.25, -0.2) is 17.8 Å². The number of aryl methyl sites for hydroxylation is 1. The number of nitrogens with one attached hydrogen (secondary N) is 1. The van der Waals surface area contributed by atoms with Crippen molar-refractivity contribution in [2.45, 2.75) is 23.3 Å². The van der Waals surface area contributed by atoms with E-state index in [2.05, 4.69) is 18.3 Å². The van der Waals surface area contributed by atoms with Gasteiger partial charge >= 0.3 is 0 Å². The van der Waals surface area contributed by atoms with Crippen LogP contribution in [0.3, 0.4) is 0 Å². The summed E-state index contributed by atoms with van der Waals surface area (Å²) in [6, 6.07) is 25.3. The SMILES string of the molecule is Cc1ccc2nc(-c3ccc(NC(=O)Cn4cc(S(=O)(=O)c5ccc(F)cc5)c5ccccc54)cc3)sc2c1. The Bertz CT molecular complexity index is 1960. The van der Waals surface area contributed by atoms with Crippen molar-refractivity contribution in [3.8, 4) is 10.6 Å². The number of carbonyl (C=O) groups excluding carboxylic acids is 1. The summed E-state index contributed by atoms with van der Waals surface area (Å²) in [6.07, 6.45) is 1.46. The third kappa shape index (κ3) is 4.82. The maximum absolute atomic E-state index is 13.4. The fourth-order valence-electron chi connectivity index (χ4n) is 4.51. The standard InChI is InChI=1S/C30H22FN3O3S2/c1-19-6-15-25-27(16-19)38-30(33-25)20-7-11-22(12-8-20)32-29(35)18-34-17-28(24-4-2-3-5-26(24)34)39(36,37)23-13-9-21(31)10-14-23/h2-17H,18H2,1H3,(H,32,35). The summed E-state index contributed by atoms with van der Waals surface area (Å²) < 4.78 is 42.8. The molecule has 0 fully saturated rings. The Morgan fingerprint density at radius 3 is 2.49 bits per heavy atom. The van der Waals surface area contributed by atoms with Crippen LogP contribution in [0.15, 0.2) is 107 Å². The van der Waals surface area contributed by atoms with Crippen molar-refractivity contribution in [1.82, 2.24) is 9.55 Å². The molecule has 0 saturated carbocycles. The second kappa shape index (κ2) is 9.76. The number of nitrogens with zero attached hydrogens (tertiary/aromatic N) is 2. The molecule has 1 N–H and O–H groups in total. The Morgan fingerprint density at radius 1 is 0.974 bits per heavy atom. The van der Waals surface area contributed by atoms with E-state index in [0.29, 0.717) is 16.6 Å². The molecule has 0 aliphatic heterocycles. The van der Waals surface area contributed by atoms with Crippen molar-refractivity contribution in [2.24, 2.45) is 0 Å². The number of benzene rings is 4. The number of rotatable bonds is 6. The maximum Gasteiger partial charge on any atom is 0.244 e. The largest absolute Gasteiger partial charge is 0.337 e. The van der Waals surface area contributed by atoms with Gasteiger partial charge in [-0.3, -0.25) is 4.79 Å². The molecule has 9 heteroatoms. The van der Waals surface area contributed by atoms with Gasteiger partial charge in [0.05, 0.1) is 20.0 Å². The van der Waals surface area contributed by atoms with Gasteiger partial charge < -0.3 is 9.88 Å². The van der Waals surface area contributed by atoms with Gasteiger partial charge in [0.1, 0.15) is 17.4 Å². The molecule has 0 unspecified atom stereocenters. The first-order chi connectivity index (χ1) is 18.8. The highest BCUT2D eigenvalue weighted by Gasteiger charge is 2.24. The van der Waals surface area contributed by atoms with Gasteiger partial charge in [0.25, 0.3) is 0 Å². The van der Waals surface area contributed by atoms with Crippen LogP contribution >= 0.6 is 11.3 Å². The van der Waals surface area contributed by atoms with Crippen molar-refractivity contribution >= 4 is 53.9 Å². The Kier molecular flexibility index (Phi) is 6.25. The molecule has 2 aromatic heterocycles. The number of hydrogen-bond donors (Lipinski definition) is 1. The van der Waals surface area contributed by atoms with Gasteiger partial charge in [-0.15, -0.1) is 11.3 Å². The molecular weight excluding hydrogens is 533 g/mol. The summed E-state index contributed by atoms with van der Waals surface area (Å²) in [5, 5.41) is 4.28. The molecular formula is C30H22FN3O3S2. The van der Waals surface area contributed by atoms with E-state index in [0.717, 1.165) is 32.9 Å². The zero-order chi connectivity index (χ0) is 27.1. The van der Waals surface area contributed by atoms with Crippen molar-refractivity contribution in [2.75, 3.05) is 5.32 Å². The normalized spacial score (nSPS) is 11.7. The van der Waals surface area contributed by atoms with Gasteiger partial charge in [-0.05, 0) is 79.2 Å². The second-order valence-corrected chi connectivity index (χ2v) is 12.2. The van der Waals surface area contributed by atoms with Gasteiger partial charge in [0.2, 0.25) is 15.7 Å². The highest BCUT2D eigenvalue weighted by molar-refractivity contribution is 7.91. The molecule has 0 bridgehead atoms. The van der Waals surface area contributed by atoms with Crippen LogP contribution in [0.5, 0.6) is 0 Å². The summed E-state index contributed by atoms with van der Waals surface area (Å²) in [5.74, 6) is -0.819. The average molecular weight is 556 g/mol. The van der Waals surface area contributed by atoms with E-state index in [-0.39, 0.29) is 22.2 Å². The van der Waals surface area contributed by atoms with Crippen LogP contribution in [-0.4, -0.2) is 23.9 Å². The Morgan fingerprint density at radius 2 is 1.72 bits per heavy atom. The zero-order valence-electron chi connectivity index (χ0n) is 20.8. The lowest BCUT2D eigenvalue weighted by Crippen LogP contribution is -2.18. The minimum absolute atomic E-state index is 0.0143. The smallest absolute Gasteiger partial charge is 0.244 e. The van der Waals surface area contributed by atoms with Crippen molar-refractivity contribution in [1.29, 1.82) is 0 Å². The number of aromatic nitrogens is 2. The molecule has 0 aliphatic carbocycles. The molecule has 0 radical (unpaired) electrons. The number of fused-ring (bicyclic) bond motifs is 2. The van der Waals surface area contributed by atoms with Crippen molar-refractivity contribution in [3.05, 3.63) is 109 Å². The molecule has 0 saturated heterocycles. The Hall–Kier alpha value is -4.34.